The lowest BCUT2D eigenvalue weighted by Gasteiger charge is -2.05. The molecule has 0 aromatic carbocycles. The Morgan fingerprint density at radius 1 is 0.625 bits per heavy atom. The molecule has 1 atom stereocenters. The Labute approximate surface area is 55.3 Å². The van der Waals surface area contributed by atoms with Crippen molar-refractivity contribution in [3.63, 3.8) is 0 Å². The Morgan fingerprint density at radius 2 is 0.750 bits per heavy atom. The van der Waals surface area contributed by atoms with Crippen molar-refractivity contribution >= 4 is 9.24 Å². The van der Waals surface area contributed by atoms with Crippen molar-refractivity contribution in [2.75, 3.05) is 6.66 Å². The second-order valence-corrected chi connectivity index (χ2v) is 2.12. The quantitative estimate of drug-likeness (QED) is 0.444. The zero-order valence-electron chi connectivity index (χ0n) is 5.82. The van der Waals surface area contributed by atoms with Gasteiger partial charge in [0.2, 0.25) is 0 Å². The second-order valence-electron chi connectivity index (χ2n) is 2.12. The van der Waals surface area contributed by atoms with Crippen LogP contribution in [0.5, 0.6) is 0 Å². The van der Waals surface area contributed by atoms with Crippen molar-refractivity contribution in [3.8, 4) is 0 Å². The average molecular weight is 132 g/mol. The molecule has 1 aliphatic rings. The van der Waals surface area contributed by atoms with Gasteiger partial charge in [-0.05, 0) is 0 Å². The van der Waals surface area contributed by atoms with Gasteiger partial charge in [0, 0.05) is 0 Å². The zero-order valence-corrected chi connectivity index (χ0v) is 6.97. The van der Waals surface area contributed by atoms with E-state index in [0.717, 1.165) is 0 Å². The minimum Gasteiger partial charge on any atom is -0.141 e. The van der Waals surface area contributed by atoms with Crippen LogP contribution in [0.15, 0.2) is 0 Å². The van der Waals surface area contributed by atoms with Crippen LogP contribution in [-0.4, -0.2) is 6.66 Å². The van der Waals surface area contributed by atoms with Crippen LogP contribution in [0, 0.1) is 0 Å². The van der Waals surface area contributed by atoms with Gasteiger partial charge >= 0.3 is 0 Å². The van der Waals surface area contributed by atoms with E-state index in [1.54, 1.807) is 0 Å². The molecule has 0 N–H and O–H groups in total. The largest absolute Gasteiger partial charge is 0.141 e. The first-order valence-electron chi connectivity index (χ1n) is 3.58. The van der Waals surface area contributed by atoms with Gasteiger partial charge in [0.1, 0.15) is 0 Å². The highest BCUT2D eigenvalue weighted by atomic mass is 31.0. The molecule has 0 amide bonds. The molecule has 0 aliphatic heterocycles. The summed E-state index contributed by atoms with van der Waals surface area (Å²) in [6.45, 7) is 1.92. The van der Waals surface area contributed by atoms with E-state index in [1.165, 1.54) is 38.5 Å². The van der Waals surface area contributed by atoms with Crippen molar-refractivity contribution in [2.45, 2.75) is 38.5 Å². The maximum absolute atomic E-state index is 2.42. The monoisotopic (exact) mass is 132 g/mol. The standard InChI is InChI=1S/C6H12.CH5P/c1-2-4-6-5-3-1;1-2/h1-6H2;2H2,1H3. The molecule has 0 radical (unpaired) electrons. The summed E-state index contributed by atoms with van der Waals surface area (Å²) < 4.78 is 0. The Bertz CT molecular complexity index is 19.9. The van der Waals surface area contributed by atoms with E-state index >= 15 is 0 Å². The Morgan fingerprint density at radius 3 is 0.875 bits per heavy atom. The smallest absolute Gasteiger partial charge is 0.0500 e. The van der Waals surface area contributed by atoms with Crippen LogP contribution in [0.2, 0.25) is 0 Å². The second kappa shape index (κ2) is 7.43. The molecule has 8 heavy (non-hydrogen) atoms. The molecule has 0 heterocycles. The normalized spacial score (nSPS) is 18.8. The van der Waals surface area contributed by atoms with Gasteiger partial charge < -0.3 is 0 Å². The third-order valence-electron chi connectivity index (χ3n) is 1.50. The molecule has 1 heteroatoms. The van der Waals surface area contributed by atoms with Crippen molar-refractivity contribution in [1.82, 2.24) is 0 Å². The number of hydrogen-bond acceptors (Lipinski definition) is 0. The average Bonchev–Trinajstić information content (AvgIpc) is 1.96. The van der Waals surface area contributed by atoms with Crippen LogP contribution in [-0.2, 0) is 0 Å². The van der Waals surface area contributed by atoms with E-state index in [1.807, 2.05) is 6.66 Å². The first-order chi connectivity index (χ1) is 4.00. The SMILES string of the molecule is C1CCCCC1.CP. The zero-order chi connectivity index (χ0) is 6.24. The molecule has 0 bridgehead atoms. The third kappa shape index (κ3) is 4.59. The summed E-state index contributed by atoms with van der Waals surface area (Å²) in [5.74, 6) is 0. The highest BCUT2D eigenvalue weighted by Crippen LogP contribution is 2.15. The number of rotatable bonds is 0. The minimum absolute atomic E-state index is 1.50. The van der Waals surface area contributed by atoms with Crippen LogP contribution in [0.1, 0.15) is 38.5 Å². The van der Waals surface area contributed by atoms with Crippen LogP contribution in [0.3, 0.4) is 0 Å². The summed E-state index contributed by atoms with van der Waals surface area (Å²) in [5.41, 5.74) is 0. The lowest BCUT2D eigenvalue weighted by molar-refractivity contribution is 0.504. The molecule has 0 aromatic rings. The van der Waals surface area contributed by atoms with E-state index in [2.05, 4.69) is 9.24 Å². The molecule has 1 saturated carbocycles. The molecule has 1 aliphatic carbocycles. The van der Waals surface area contributed by atoms with Gasteiger partial charge in [-0.1, -0.05) is 45.2 Å². The fourth-order valence-electron chi connectivity index (χ4n) is 1.06. The van der Waals surface area contributed by atoms with E-state index in [4.69, 9.17) is 0 Å². The molecule has 0 spiro atoms. The van der Waals surface area contributed by atoms with Gasteiger partial charge in [-0.25, -0.2) is 0 Å². The van der Waals surface area contributed by atoms with Gasteiger partial charge in [0.05, 0.1) is 0 Å². The van der Waals surface area contributed by atoms with Gasteiger partial charge in [-0.2, -0.15) is 0 Å². The van der Waals surface area contributed by atoms with E-state index < -0.39 is 0 Å². The van der Waals surface area contributed by atoms with Gasteiger partial charge in [0.15, 0.2) is 0 Å². The molecular weight excluding hydrogens is 115 g/mol. The Kier molecular flexibility index (Phi) is 7.83. The van der Waals surface area contributed by atoms with Crippen molar-refractivity contribution in [3.05, 3.63) is 0 Å². The van der Waals surface area contributed by atoms with Crippen LogP contribution < -0.4 is 0 Å². The van der Waals surface area contributed by atoms with Gasteiger partial charge in [-0.15, -0.1) is 9.24 Å². The summed E-state index contributed by atoms with van der Waals surface area (Å²) >= 11 is 0. The third-order valence-corrected chi connectivity index (χ3v) is 1.50. The van der Waals surface area contributed by atoms with Crippen molar-refractivity contribution in [2.24, 2.45) is 0 Å². The fourth-order valence-corrected chi connectivity index (χ4v) is 1.06. The highest BCUT2D eigenvalue weighted by molar-refractivity contribution is 7.15. The Hall–Kier alpha value is 0.430. The molecule has 1 unspecified atom stereocenters. The van der Waals surface area contributed by atoms with E-state index in [9.17, 15) is 0 Å². The van der Waals surface area contributed by atoms with Crippen LogP contribution in [0.4, 0.5) is 0 Å². The lowest BCUT2D eigenvalue weighted by Crippen LogP contribution is -1.85. The molecule has 0 aromatic heterocycles. The molecule has 0 nitrogen and oxygen atoms in total. The van der Waals surface area contributed by atoms with Crippen molar-refractivity contribution in [1.29, 1.82) is 0 Å². The maximum Gasteiger partial charge on any atom is -0.0500 e. The molecule has 1 rings (SSSR count). The summed E-state index contributed by atoms with van der Waals surface area (Å²) in [6.07, 6.45) is 9.00. The summed E-state index contributed by atoms with van der Waals surface area (Å²) in [5, 5.41) is 0. The summed E-state index contributed by atoms with van der Waals surface area (Å²) in [7, 11) is 2.42. The highest BCUT2D eigenvalue weighted by Gasteiger charge is 1.95. The first-order valence-corrected chi connectivity index (χ1v) is 4.73. The first kappa shape index (κ1) is 8.43. The van der Waals surface area contributed by atoms with E-state index in [0.29, 0.717) is 0 Å². The topological polar surface area (TPSA) is 0 Å². The molecular formula is C7H17P. The molecule has 1 fully saturated rings. The predicted octanol–water partition coefficient (Wildman–Crippen LogP) is 2.83. The lowest BCUT2D eigenvalue weighted by atomic mass is 10.0. The summed E-state index contributed by atoms with van der Waals surface area (Å²) in [4.78, 5) is 0. The van der Waals surface area contributed by atoms with Crippen LogP contribution >= 0.6 is 9.24 Å². The Balaban J connectivity index is 0.000000222. The number of hydrogen-bond donors (Lipinski definition) is 0. The summed E-state index contributed by atoms with van der Waals surface area (Å²) in [6, 6.07) is 0. The van der Waals surface area contributed by atoms with Gasteiger partial charge in [0.25, 0.3) is 0 Å². The predicted molar refractivity (Wildman–Crippen MR) is 43.3 cm³/mol. The molecule has 0 saturated heterocycles. The molecule has 50 valence electrons. The van der Waals surface area contributed by atoms with Crippen LogP contribution in [0.25, 0.3) is 0 Å². The minimum atomic E-state index is 1.50. The van der Waals surface area contributed by atoms with E-state index in [-0.39, 0.29) is 0 Å². The van der Waals surface area contributed by atoms with Gasteiger partial charge in [-0.3, -0.25) is 0 Å². The fraction of sp³-hybridized carbons (Fsp3) is 1.00. The van der Waals surface area contributed by atoms with Crippen molar-refractivity contribution < 1.29 is 0 Å². The maximum atomic E-state index is 2.42.